The van der Waals surface area contributed by atoms with E-state index in [1.807, 2.05) is 19.9 Å². The number of aliphatic hydroxyl groups is 1. The molecule has 3 rings (SSSR count). The standard InChI is InChI=1S/C28H42N4O6S/c1-18(2)14-22-28(37)32-23(27(36)31-22)16-21(25(32)19-8-7-9-20(15-19)38-13-12-33)26(35)30-11-6-4-3-5-10-29-24(34)17-39/h7-9,15,18,21-23,25,33,39H,3-6,10-14,16-17H2,1-2H3,(H,29,34)(H,30,35)(H,31,36)/t21-,22+,23-,25-/m1/s1. The van der Waals surface area contributed by atoms with Gasteiger partial charge in [-0.3, -0.25) is 19.2 Å². The van der Waals surface area contributed by atoms with Crippen LogP contribution in [0, 0.1) is 11.8 Å². The van der Waals surface area contributed by atoms with Crippen LogP contribution in [0.1, 0.15) is 64.0 Å². The van der Waals surface area contributed by atoms with Crippen LogP contribution in [0.15, 0.2) is 24.3 Å². The monoisotopic (exact) mass is 562 g/mol. The molecule has 0 spiro atoms. The van der Waals surface area contributed by atoms with Gasteiger partial charge < -0.3 is 30.7 Å². The van der Waals surface area contributed by atoms with Crippen molar-refractivity contribution in [2.45, 2.75) is 70.5 Å². The van der Waals surface area contributed by atoms with Crippen LogP contribution in [0.5, 0.6) is 5.75 Å². The highest BCUT2D eigenvalue weighted by Gasteiger charge is 2.54. The summed E-state index contributed by atoms with van der Waals surface area (Å²) in [5.74, 6) is -0.323. The molecule has 1 aromatic carbocycles. The normalized spacial score (nSPS) is 22.4. The number of benzene rings is 1. The summed E-state index contributed by atoms with van der Waals surface area (Å²) in [5.41, 5.74) is 0.725. The molecule has 1 aromatic rings. The summed E-state index contributed by atoms with van der Waals surface area (Å²) in [6.45, 7) is 5.11. The first-order valence-corrected chi connectivity index (χ1v) is 14.5. The van der Waals surface area contributed by atoms with Gasteiger partial charge >= 0.3 is 0 Å². The largest absolute Gasteiger partial charge is 0.491 e. The number of fused-ring (bicyclic) bond motifs is 1. The third-order valence-corrected chi connectivity index (χ3v) is 7.42. The fraction of sp³-hybridized carbons (Fsp3) is 0.643. The molecule has 0 radical (unpaired) electrons. The van der Waals surface area contributed by atoms with Crippen LogP contribution in [-0.2, 0) is 19.2 Å². The average Bonchev–Trinajstić information content (AvgIpc) is 3.33. The SMILES string of the molecule is CC(C)C[C@@H]1NC(=O)[C@H]2C[C@@H](C(=O)NCCCCCCNC(=O)CS)[C@@H](c3cccc(OCCO)c3)N2C1=O. The molecule has 0 bridgehead atoms. The van der Waals surface area contributed by atoms with E-state index in [4.69, 9.17) is 9.84 Å². The zero-order chi connectivity index (χ0) is 28.4. The number of aliphatic hydroxyl groups excluding tert-OH is 1. The van der Waals surface area contributed by atoms with Gasteiger partial charge in [0.25, 0.3) is 0 Å². The van der Waals surface area contributed by atoms with Gasteiger partial charge in [0.05, 0.1) is 24.3 Å². The molecule has 39 heavy (non-hydrogen) atoms. The van der Waals surface area contributed by atoms with Gasteiger partial charge in [-0.1, -0.05) is 38.8 Å². The van der Waals surface area contributed by atoms with Gasteiger partial charge in [-0.25, -0.2) is 0 Å². The molecular weight excluding hydrogens is 520 g/mol. The van der Waals surface area contributed by atoms with Crippen molar-refractivity contribution in [3.8, 4) is 5.75 Å². The Morgan fingerprint density at radius 1 is 1.15 bits per heavy atom. The number of unbranched alkanes of at least 4 members (excludes halogenated alkanes) is 3. The van der Waals surface area contributed by atoms with Crippen molar-refractivity contribution in [1.82, 2.24) is 20.9 Å². The van der Waals surface area contributed by atoms with Crippen LogP contribution in [0.3, 0.4) is 0 Å². The summed E-state index contributed by atoms with van der Waals surface area (Å²) in [6.07, 6.45) is 4.25. The molecule has 4 atom stereocenters. The van der Waals surface area contributed by atoms with Crippen molar-refractivity contribution in [1.29, 1.82) is 0 Å². The smallest absolute Gasteiger partial charge is 0.246 e. The molecule has 4 amide bonds. The predicted octanol–water partition coefficient (Wildman–Crippen LogP) is 1.58. The van der Waals surface area contributed by atoms with Crippen LogP contribution >= 0.6 is 12.6 Å². The Morgan fingerprint density at radius 2 is 1.87 bits per heavy atom. The van der Waals surface area contributed by atoms with Crippen LogP contribution in [-0.4, -0.2) is 77.8 Å². The first-order valence-electron chi connectivity index (χ1n) is 13.9. The van der Waals surface area contributed by atoms with Crippen LogP contribution in [0.25, 0.3) is 0 Å². The van der Waals surface area contributed by atoms with Crippen molar-refractivity contribution >= 4 is 36.3 Å². The second-order valence-electron chi connectivity index (χ2n) is 10.6. The molecule has 2 saturated heterocycles. The number of nitrogens with one attached hydrogen (secondary N) is 3. The van der Waals surface area contributed by atoms with Crippen molar-refractivity contribution in [3.05, 3.63) is 29.8 Å². The number of piperazine rings is 1. The first kappa shape index (κ1) is 30.7. The summed E-state index contributed by atoms with van der Waals surface area (Å²) < 4.78 is 5.59. The van der Waals surface area contributed by atoms with Crippen molar-refractivity contribution in [2.75, 3.05) is 32.1 Å². The molecule has 0 aliphatic carbocycles. The summed E-state index contributed by atoms with van der Waals surface area (Å²) in [6, 6.07) is 5.26. The molecule has 216 valence electrons. The van der Waals surface area contributed by atoms with Crippen LogP contribution in [0.4, 0.5) is 0 Å². The fourth-order valence-electron chi connectivity index (χ4n) is 5.36. The number of hydrogen-bond acceptors (Lipinski definition) is 7. The molecule has 2 heterocycles. The number of ether oxygens (including phenoxy) is 1. The Kier molecular flexibility index (Phi) is 11.9. The Balaban J connectivity index is 1.70. The maximum Gasteiger partial charge on any atom is 0.246 e. The van der Waals surface area contributed by atoms with E-state index in [2.05, 4.69) is 28.6 Å². The van der Waals surface area contributed by atoms with E-state index in [0.717, 1.165) is 31.2 Å². The van der Waals surface area contributed by atoms with Crippen molar-refractivity contribution in [3.63, 3.8) is 0 Å². The first-order chi connectivity index (χ1) is 18.8. The molecule has 2 fully saturated rings. The number of carbonyl (C=O) groups excluding carboxylic acids is 4. The van der Waals surface area contributed by atoms with E-state index in [-0.39, 0.29) is 54.9 Å². The lowest BCUT2D eigenvalue weighted by Crippen LogP contribution is -2.61. The van der Waals surface area contributed by atoms with Gasteiger partial charge in [0.2, 0.25) is 23.6 Å². The Bertz CT molecular complexity index is 1010. The number of amides is 4. The number of nitrogens with zero attached hydrogens (tertiary/aromatic N) is 1. The van der Waals surface area contributed by atoms with E-state index < -0.39 is 24.0 Å². The van der Waals surface area contributed by atoms with Gasteiger partial charge in [-0.2, -0.15) is 12.6 Å². The lowest BCUT2D eigenvalue weighted by Gasteiger charge is -2.39. The van der Waals surface area contributed by atoms with E-state index in [1.165, 1.54) is 0 Å². The number of hydrogen-bond donors (Lipinski definition) is 5. The minimum atomic E-state index is -0.712. The molecule has 2 aliphatic rings. The lowest BCUT2D eigenvalue weighted by atomic mass is 9.92. The third kappa shape index (κ3) is 8.35. The second kappa shape index (κ2) is 15.1. The van der Waals surface area contributed by atoms with Gasteiger partial charge in [0, 0.05) is 13.1 Å². The zero-order valence-electron chi connectivity index (χ0n) is 22.9. The molecule has 0 aromatic heterocycles. The maximum atomic E-state index is 13.6. The van der Waals surface area contributed by atoms with Crippen LogP contribution in [0.2, 0.25) is 0 Å². The van der Waals surface area contributed by atoms with Crippen molar-refractivity contribution < 1.29 is 29.0 Å². The molecular formula is C28H42N4O6S. The molecule has 0 unspecified atom stereocenters. The minimum absolute atomic E-state index is 0.0822. The molecule has 0 saturated carbocycles. The topological polar surface area (TPSA) is 137 Å². The summed E-state index contributed by atoms with van der Waals surface area (Å²) >= 11 is 3.93. The van der Waals surface area contributed by atoms with Gasteiger partial charge in [-0.15, -0.1) is 0 Å². The molecule has 10 nitrogen and oxygen atoms in total. The summed E-state index contributed by atoms with van der Waals surface area (Å²) in [4.78, 5) is 53.0. The fourth-order valence-corrected chi connectivity index (χ4v) is 5.47. The summed E-state index contributed by atoms with van der Waals surface area (Å²) in [5, 5.41) is 17.8. The number of rotatable bonds is 15. The van der Waals surface area contributed by atoms with E-state index >= 15 is 0 Å². The summed E-state index contributed by atoms with van der Waals surface area (Å²) in [7, 11) is 0. The quantitative estimate of drug-likeness (QED) is 0.163. The average molecular weight is 563 g/mol. The lowest BCUT2D eigenvalue weighted by molar-refractivity contribution is -0.150. The maximum absolute atomic E-state index is 13.6. The van der Waals surface area contributed by atoms with Gasteiger partial charge in [0.15, 0.2) is 0 Å². The molecule has 2 aliphatic heterocycles. The number of carbonyl (C=O) groups is 4. The Morgan fingerprint density at radius 3 is 2.54 bits per heavy atom. The van der Waals surface area contributed by atoms with Crippen molar-refractivity contribution in [2.24, 2.45) is 11.8 Å². The zero-order valence-corrected chi connectivity index (χ0v) is 23.8. The molecule has 4 N–H and O–H groups in total. The van der Waals surface area contributed by atoms with E-state index in [1.54, 1.807) is 23.1 Å². The predicted molar refractivity (Wildman–Crippen MR) is 150 cm³/mol. The second-order valence-corrected chi connectivity index (χ2v) is 10.9. The van der Waals surface area contributed by atoms with E-state index in [0.29, 0.717) is 25.3 Å². The van der Waals surface area contributed by atoms with E-state index in [9.17, 15) is 19.2 Å². The molecule has 11 heteroatoms. The Hall–Kier alpha value is -2.79. The van der Waals surface area contributed by atoms with Gasteiger partial charge in [-0.05, 0) is 49.3 Å². The highest BCUT2D eigenvalue weighted by Crippen LogP contribution is 2.44. The Labute approximate surface area is 236 Å². The van der Waals surface area contributed by atoms with Gasteiger partial charge in [0.1, 0.15) is 24.4 Å². The highest BCUT2D eigenvalue weighted by molar-refractivity contribution is 7.81. The van der Waals surface area contributed by atoms with Crippen LogP contribution < -0.4 is 20.7 Å². The minimum Gasteiger partial charge on any atom is -0.491 e. The highest BCUT2D eigenvalue weighted by atomic mass is 32.1. The number of thiol groups is 1. The third-order valence-electron chi connectivity index (χ3n) is 7.14.